The van der Waals surface area contributed by atoms with Gasteiger partial charge in [-0.3, -0.25) is 0 Å². The third-order valence-corrected chi connectivity index (χ3v) is 2.41. The Morgan fingerprint density at radius 2 is 2.29 bits per heavy atom. The van der Waals surface area contributed by atoms with Crippen LogP contribution in [-0.4, -0.2) is 25.2 Å². The molecule has 2 aromatic heterocycles. The van der Waals surface area contributed by atoms with Gasteiger partial charge in [-0.05, 0) is 13.0 Å². The van der Waals surface area contributed by atoms with E-state index in [9.17, 15) is 0 Å². The predicted octanol–water partition coefficient (Wildman–Crippen LogP) is 1.98. The normalized spacial score (nSPS) is 10.9. The number of oxazole rings is 1. The summed E-state index contributed by atoms with van der Waals surface area (Å²) < 4.78 is 15.6. The molecule has 0 aromatic carbocycles. The number of rotatable bonds is 6. The standard InChI is InChI=1S/C12H16N2O3/c1-9-5-10(7-16-9)12-11(14-8-17-12)6-13-3-4-15-2/h5,7-8,13H,3-4,6H2,1-2H3. The van der Waals surface area contributed by atoms with Gasteiger partial charge >= 0.3 is 0 Å². The van der Waals surface area contributed by atoms with Crippen LogP contribution in [0.4, 0.5) is 0 Å². The highest BCUT2D eigenvalue weighted by Gasteiger charge is 2.12. The molecular formula is C12H16N2O3. The van der Waals surface area contributed by atoms with Crippen LogP contribution >= 0.6 is 0 Å². The van der Waals surface area contributed by atoms with Gasteiger partial charge in [0.15, 0.2) is 12.2 Å². The summed E-state index contributed by atoms with van der Waals surface area (Å²) in [6.07, 6.45) is 3.12. The van der Waals surface area contributed by atoms with Crippen LogP contribution in [0, 0.1) is 6.92 Å². The number of aromatic nitrogens is 1. The lowest BCUT2D eigenvalue weighted by molar-refractivity contribution is 0.199. The molecule has 0 aliphatic heterocycles. The molecule has 0 saturated heterocycles. The molecule has 2 heterocycles. The number of hydrogen-bond acceptors (Lipinski definition) is 5. The molecule has 92 valence electrons. The maximum Gasteiger partial charge on any atom is 0.181 e. The van der Waals surface area contributed by atoms with Crippen LogP contribution in [0.15, 0.2) is 27.6 Å². The molecule has 17 heavy (non-hydrogen) atoms. The van der Waals surface area contributed by atoms with Crippen LogP contribution < -0.4 is 5.32 Å². The fourth-order valence-corrected chi connectivity index (χ4v) is 1.57. The summed E-state index contributed by atoms with van der Waals surface area (Å²) in [6, 6.07) is 1.93. The number of nitrogens with one attached hydrogen (secondary N) is 1. The van der Waals surface area contributed by atoms with E-state index in [2.05, 4.69) is 10.3 Å². The van der Waals surface area contributed by atoms with Crippen molar-refractivity contribution in [2.24, 2.45) is 0 Å². The summed E-state index contributed by atoms with van der Waals surface area (Å²) in [5.41, 5.74) is 1.80. The van der Waals surface area contributed by atoms with Gasteiger partial charge in [0, 0.05) is 20.2 Å². The Kier molecular flexibility index (Phi) is 3.95. The molecular weight excluding hydrogens is 220 g/mol. The third-order valence-electron chi connectivity index (χ3n) is 2.41. The second-order valence-electron chi connectivity index (χ2n) is 3.74. The van der Waals surface area contributed by atoms with Crippen molar-refractivity contribution in [3.8, 4) is 11.3 Å². The van der Waals surface area contributed by atoms with Gasteiger partial charge in [-0.1, -0.05) is 0 Å². The molecule has 5 nitrogen and oxygen atoms in total. The van der Waals surface area contributed by atoms with Crippen LogP contribution in [0.1, 0.15) is 11.5 Å². The van der Waals surface area contributed by atoms with Crippen molar-refractivity contribution in [1.29, 1.82) is 0 Å². The first kappa shape index (κ1) is 11.9. The van der Waals surface area contributed by atoms with Crippen LogP contribution in [0.2, 0.25) is 0 Å². The zero-order valence-electron chi connectivity index (χ0n) is 10.0. The van der Waals surface area contributed by atoms with Crippen molar-refractivity contribution in [1.82, 2.24) is 10.3 Å². The molecule has 0 atom stereocenters. The minimum Gasteiger partial charge on any atom is -0.469 e. The van der Waals surface area contributed by atoms with Gasteiger partial charge in [0.25, 0.3) is 0 Å². The number of nitrogens with zero attached hydrogens (tertiary/aromatic N) is 1. The number of furan rings is 1. The van der Waals surface area contributed by atoms with Crippen molar-refractivity contribution < 1.29 is 13.6 Å². The third kappa shape index (κ3) is 2.95. The van der Waals surface area contributed by atoms with E-state index in [-0.39, 0.29) is 0 Å². The molecule has 2 rings (SSSR count). The second kappa shape index (κ2) is 5.65. The van der Waals surface area contributed by atoms with Crippen LogP contribution in [-0.2, 0) is 11.3 Å². The molecule has 0 aliphatic carbocycles. The Morgan fingerprint density at radius 1 is 1.41 bits per heavy atom. The number of aryl methyl sites for hydroxylation is 1. The summed E-state index contributed by atoms with van der Waals surface area (Å²) in [6.45, 7) is 4.01. The van der Waals surface area contributed by atoms with Gasteiger partial charge in [-0.2, -0.15) is 0 Å². The summed E-state index contributed by atoms with van der Waals surface area (Å²) in [4.78, 5) is 4.19. The first-order chi connectivity index (χ1) is 8.31. The van der Waals surface area contributed by atoms with E-state index < -0.39 is 0 Å². The van der Waals surface area contributed by atoms with E-state index in [0.717, 1.165) is 29.3 Å². The first-order valence-corrected chi connectivity index (χ1v) is 5.49. The minimum absolute atomic E-state index is 0.652. The van der Waals surface area contributed by atoms with Crippen LogP contribution in [0.25, 0.3) is 11.3 Å². The molecule has 0 radical (unpaired) electrons. The van der Waals surface area contributed by atoms with E-state index >= 15 is 0 Å². The van der Waals surface area contributed by atoms with Gasteiger partial charge < -0.3 is 18.9 Å². The summed E-state index contributed by atoms with van der Waals surface area (Å²) in [7, 11) is 1.68. The molecule has 0 saturated carbocycles. The molecule has 0 bridgehead atoms. The first-order valence-electron chi connectivity index (χ1n) is 5.49. The monoisotopic (exact) mass is 236 g/mol. The summed E-state index contributed by atoms with van der Waals surface area (Å²) in [5, 5.41) is 3.23. The molecule has 2 aromatic rings. The van der Waals surface area contributed by atoms with Gasteiger partial charge in [0.05, 0.1) is 12.2 Å². The highest BCUT2D eigenvalue weighted by Crippen LogP contribution is 2.24. The molecule has 5 heteroatoms. The Bertz CT molecular complexity index is 462. The number of ether oxygens (including phenoxy) is 1. The fourth-order valence-electron chi connectivity index (χ4n) is 1.57. The summed E-state index contributed by atoms with van der Waals surface area (Å²) >= 11 is 0. The largest absolute Gasteiger partial charge is 0.469 e. The summed E-state index contributed by atoms with van der Waals surface area (Å²) in [5.74, 6) is 1.61. The van der Waals surface area contributed by atoms with Gasteiger partial charge in [0.1, 0.15) is 17.7 Å². The lowest BCUT2D eigenvalue weighted by atomic mass is 10.2. The average Bonchev–Trinajstić information content (AvgIpc) is 2.93. The highest BCUT2D eigenvalue weighted by molar-refractivity contribution is 5.58. The lowest BCUT2D eigenvalue weighted by Gasteiger charge is -2.02. The second-order valence-corrected chi connectivity index (χ2v) is 3.74. The van der Waals surface area contributed by atoms with Gasteiger partial charge in [0.2, 0.25) is 0 Å². The van der Waals surface area contributed by atoms with Gasteiger partial charge in [-0.25, -0.2) is 4.98 Å². The highest BCUT2D eigenvalue weighted by atomic mass is 16.5. The maximum absolute atomic E-state index is 5.38. The number of hydrogen-bond donors (Lipinski definition) is 1. The molecule has 0 spiro atoms. The van der Waals surface area contributed by atoms with E-state index in [1.54, 1.807) is 13.4 Å². The zero-order valence-corrected chi connectivity index (χ0v) is 10.0. The fraction of sp³-hybridized carbons (Fsp3) is 0.417. The average molecular weight is 236 g/mol. The molecule has 1 N–H and O–H groups in total. The molecule has 0 unspecified atom stereocenters. The van der Waals surface area contributed by atoms with Gasteiger partial charge in [-0.15, -0.1) is 0 Å². The minimum atomic E-state index is 0.652. The molecule has 0 amide bonds. The molecule has 0 fully saturated rings. The van der Waals surface area contributed by atoms with Crippen molar-refractivity contribution in [3.05, 3.63) is 30.2 Å². The maximum atomic E-state index is 5.38. The van der Waals surface area contributed by atoms with Crippen molar-refractivity contribution in [2.45, 2.75) is 13.5 Å². The number of methoxy groups -OCH3 is 1. The predicted molar refractivity (Wildman–Crippen MR) is 62.5 cm³/mol. The van der Waals surface area contributed by atoms with Crippen LogP contribution in [0.3, 0.4) is 0 Å². The SMILES string of the molecule is COCCNCc1ncoc1-c1coc(C)c1. The van der Waals surface area contributed by atoms with E-state index in [1.807, 2.05) is 13.0 Å². The van der Waals surface area contributed by atoms with E-state index in [0.29, 0.717) is 13.2 Å². The zero-order chi connectivity index (χ0) is 12.1. The topological polar surface area (TPSA) is 60.4 Å². The van der Waals surface area contributed by atoms with E-state index in [4.69, 9.17) is 13.6 Å². The Labute approximate surface area is 99.8 Å². The Hall–Kier alpha value is -1.59. The van der Waals surface area contributed by atoms with Crippen molar-refractivity contribution in [2.75, 3.05) is 20.3 Å². The Morgan fingerprint density at radius 3 is 3.00 bits per heavy atom. The smallest absolute Gasteiger partial charge is 0.181 e. The Balaban J connectivity index is 2.02. The quantitative estimate of drug-likeness (QED) is 0.777. The molecule has 0 aliphatic rings. The van der Waals surface area contributed by atoms with Crippen LogP contribution in [0.5, 0.6) is 0 Å². The van der Waals surface area contributed by atoms with E-state index in [1.165, 1.54) is 6.39 Å². The van der Waals surface area contributed by atoms with Crippen molar-refractivity contribution >= 4 is 0 Å². The van der Waals surface area contributed by atoms with Crippen molar-refractivity contribution in [3.63, 3.8) is 0 Å². The lowest BCUT2D eigenvalue weighted by Crippen LogP contribution is -2.19.